The Morgan fingerprint density at radius 3 is 2.41 bits per heavy atom. The summed E-state index contributed by atoms with van der Waals surface area (Å²) in [5, 5.41) is 7.98. The first kappa shape index (κ1) is 22.7. The monoisotopic (exact) mass is 509 g/mol. The molecule has 0 unspecified atom stereocenters. The average Bonchev–Trinajstić information content (AvgIpc) is 2.64. The van der Waals surface area contributed by atoms with E-state index in [1.165, 1.54) is 0 Å². The smallest absolute Gasteiger partial charge is 0.408 e. The highest BCUT2D eigenvalue weighted by Crippen LogP contribution is 2.13. The van der Waals surface area contributed by atoms with E-state index < -0.39 is 11.7 Å². The summed E-state index contributed by atoms with van der Waals surface area (Å²) in [6.07, 6.45) is -0.653. The molecule has 7 nitrogen and oxygen atoms in total. The molecule has 0 heterocycles. The number of carbonyl (C=O) groups is 3. The molecule has 0 aliphatic rings. The second-order valence-electron chi connectivity index (χ2n) is 7.27. The summed E-state index contributed by atoms with van der Waals surface area (Å²) < 4.78 is 5.96. The van der Waals surface area contributed by atoms with Gasteiger partial charge >= 0.3 is 6.09 Å². The first-order valence-corrected chi connectivity index (χ1v) is 10.1. The molecule has 154 valence electrons. The molecular weight excluding hydrogens is 485 g/mol. The van der Waals surface area contributed by atoms with Gasteiger partial charge in [-0.1, -0.05) is 24.3 Å². The molecule has 3 amide bonds. The lowest BCUT2D eigenvalue weighted by molar-refractivity contribution is -0.115. The summed E-state index contributed by atoms with van der Waals surface area (Å²) >= 11 is 2.12. The zero-order chi connectivity index (χ0) is 21.4. The van der Waals surface area contributed by atoms with Gasteiger partial charge in [-0.2, -0.15) is 0 Å². The standard InChI is InChI=1S/C21H24IN3O4/c1-21(2,3)29-20(28)24-13-18(26)25-15-8-6-7-14(11-15)12-23-19(27)16-9-4-5-10-17(16)22/h4-11H,12-13H2,1-3H3,(H,23,27)(H,24,28)(H,25,26). The molecule has 0 spiro atoms. The molecule has 2 aromatic carbocycles. The minimum atomic E-state index is -0.653. The molecule has 0 bridgehead atoms. The van der Waals surface area contributed by atoms with Crippen molar-refractivity contribution in [1.29, 1.82) is 0 Å². The maximum atomic E-state index is 12.3. The average molecular weight is 509 g/mol. The van der Waals surface area contributed by atoms with Crippen molar-refractivity contribution < 1.29 is 19.1 Å². The molecule has 0 saturated heterocycles. The molecule has 0 aromatic heterocycles. The van der Waals surface area contributed by atoms with Crippen molar-refractivity contribution in [3.8, 4) is 0 Å². The van der Waals surface area contributed by atoms with E-state index in [1.807, 2.05) is 24.3 Å². The van der Waals surface area contributed by atoms with Gasteiger partial charge in [0.1, 0.15) is 12.1 Å². The van der Waals surface area contributed by atoms with E-state index in [0.29, 0.717) is 17.8 Å². The van der Waals surface area contributed by atoms with Crippen molar-refractivity contribution in [3.63, 3.8) is 0 Å². The van der Waals surface area contributed by atoms with Crippen molar-refractivity contribution in [2.24, 2.45) is 0 Å². The van der Waals surface area contributed by atoms with E-state index in [2.05, 4.69) is 38.5 Å². The quantitative estimate of drug-likeness (QED) is 0.518. The van der Waals surface area contributed by atoms with Crippen molar-refractivity contribution in [2.45, 2.75) is 32.9 Å². The number of amides is 3. The number of nitrogens with one attached hydrogen (secondary N) is 3. The van der Waals surface area contributed by atoms with Crippen LogP contribution < -0.4 is 16.0 Å². The summed E-state index contributed by atoms with van der Waals surface area (Å²) in [6, 6.07) is 14.5. The second kappa shape index (κ2) is 10.2. The number of halogens is 1. The number of rotatable bonds is 6. The highest BCUT2D eigenvalue weighted by molar-refractivity contribution is 14.1. The molecule has 0 aliphatic heterocycles. The predicted octanol–water partition coefficient (Wildman–Crippen LogP) is 3.68. The number of anilines is 1. The lowest BCUT2D eigenvalue weighted by Gasteiger charge is -2.19. The number of benzene rings is 2. The molecule has 0 aliphatic carbocycles. The minimum Gasteiger partial charge on any atom is -0.444 e. The van der Waals surface area contributed by atoms with Crippen LogP contribution >= 0.6 is 22.6 Å². The summed E-state index contributed by atoms with van der Waals surface area (Å²) in [5.74, 6) is -0.540. The van der Waals surface area contributed by atoms with E-state index in [0.717, 1.165) is 9.13 Å². The van der Waals surface area contributed by atoms with Gasteiger partial charge in [-0.05, 0) is 73.2 Å². The highest BCUT2D eigenvalue weighted by atomic mass is 127. The van der Waals surface area contributed by atoms with Crippen LogP contribution in [0.5, 0.6) is 0 Å². The third-order valence-corrected chi connectivity index (χ3v) is 4.52. The molecule has 2 rings (SSSR count). The van der Waals surface area contributed by atoms with E-state index in [1.54, 1.807) is 45.0 Å². The van der Waals surface area contributed by atoms with E-state index in [9.17, 15) is 14.4 Å². The van der Waals surface area contributed by atoms with Crippen LogP contribution in [0.15, 0.2) is 48.5 Å². The van der Waals surface area contributed by atoms with Gasteiger partial charge in [0.15, 0.2) is 0 Å². The third-order valence-electron chi connectivity index (χ3n) is 3.57. The highest BCUT2D eigenvalue weighted by Gasteiger charge is 2.16. The van der Waals surface area contributed by atoms with Gasteiger partial charge in [0.05, 0.1) is 5.56 Å². The third kappa shape index (κ3) is 8.10. The Balaban J connectivity index is 1.86. The number of hydrogen-bond acceptors (Lipinski definition) is 4. The number of carbonyl (C=O) groups excluding carboxylic acids is 3. The van der Waals surface area contributed by atoms with Crippen LogP contribution in [0, 0.1) is 3.57 Å². The number of alkyl carbamates (subject to hydrolysis) is 1. The maximum absolute atomic E-state index is 12.3. The van der Waals surface area contributed by atoms with Crippen molar-refractivity contribution in [3.05, 3.63) is 63.2 Å². The Hall–Kier alpha value is -2.62. The molecule has 29 heavy (non-hydrogen) atoms. The van der Waals surface area contributed by atoms with Crippen molar-refractivity contribution in [1.82, 2.24) is 10.6 Å². The minimum absolute atomic E-state index is 0.161. The summed E-state index contributed by atoms with van der Waals surface area (Å²) in [4.78, 5) is 35.9. The zero-order valence-corrected chi connectivity index (χ0v) is 18.7. The number of hydrogen-bond donors (Lipinski definition) is 3. The molecular formula is C21H24IN3O4. The van der Waals surface area contributed by atoms with Crippen molar-refractivity contribution >= 4 is 46.2 Å². The SMILES string of the molecule is CC(C)(C)OC(=O)NCC(=O)Nc1cccc(CNC(=O)c2ccccc2I)c1. The first-order chi connectivity index (χ1) is 13.6. The van der Waals surface area contributed by atoms with Crippen LogP contribution in [0.1, 0.15) is 36.7 Å². The Labute approximate surface area is 183 Å². The maximum Gasteiger partial charge on any atom is 0.408 e. The first-order valence-electron chi connectivity index (χ1n) is 9.02. The Morgan fingerprint density at radius 1 is 1.00 bits per heavy atom. The predicted molar refractivity (Wildman–Crippen MR) is 120 cm³/mol. The van der Waals surface area contributed by atoms with Crippen LogP contribution in [0.3, 0.4) is 0 Å². The lowest BCUT2D eigenvalue weighted by Crippen LogP contribution is -2.37. The van der Waals surface area contributed by atoms with Gasteiger partial charge in [0, 0.05) is 15.8 Å². The van der Waals surface area contributed by atoms with E-state index in [-0.39, 0.29) is 18.4 Å². The zero-order valence-electron chi connectivity index (χ0n) is 16.5. The normalized spacial score (nSPS) is 10.8. The van der Waals surface area contributed by atoms with Gasteiger partial charge in [0.25, 0.3) is 5.91 Å². The summed E-state index contributed by atoms with van der Waals surface area (Å²) in [5.41, 5.74) is 1.40. The van der Waals surface area contributed by atoms with E-state index in [4.69, 9.17) is 4.74 Å². The Morgan fingerprint density at radius 2 is 1.72 bits per heavy atom. The van der Waals surface area contributed by atoms with Gasteiger partial charge in [0.2, 0.25) is 5.91 Å². The van der Waals surface area contributed by atoms with Gasteiger partial charge in [-0.3, -0.25) is 9.59 Å². The number of ether oxygens (including phenoxy) is 1. The van der Waals surface area contributed by atoms with Gasteiger partial charge in [-0.15, -0.1) is 0 Å². The Kier molecular flexibility index (Phi) is 8.00. The molecule has 0 radical (unpaired) electrons. The molecule has 0 saturated carbocycles. The van der Waals surface area contributed by atoms with Gasteiger partial charge < -0.3 is 20.7 Å². The topological polar surface area (TPSA) is 96.5 Å². The van der Waals surface area contributed by atoms with Crippen molar-refractivity contribution in [2.75, 3.05) is 11.9 Å². The fourth-order valence-corrected chi connectivity index (χ4v) is 2.99. The van der Waals surface area contributed by atoms with Crippen LogP contribution in [0.25, 0.3) is 0 Å². The molecule has 0 atom stereocenters. The van der Waals surface area contributed by atoms with Crippen LogP contribution in [-0.4, -0.2) is 30.1 Å². The van der Waals surface area contributed by atoms with Gasteiger partial charge in [-0.25, -0.2) is 4.79 Å². The molecule has 0 fully saturated rings. The summed E-state index contributed by atoms with van der Waals surface area (Å²) in [6.45, 7) is 5.35. The molecule has 2 aromatic rings. The largest absolute Gasteiger partial charge is 0.444 e. The van der Waals surface area contributed by atoms with Crippen LogP contribution in [-0.2, 0) is 16.1 Å². The lowest BCUT2D eigenvalue weighted by atomic mass is 10.1. The fraction of sp³-hybridized carbons (Fsp3) is 0.286. The summed E-state index contributed by atoms with van der Waals surface area (Å²) in [7, 11) is 0. The Bertz CT molecular complexity index is 893. The van der Waals surface area contributed by atoms with E-state index >= 15 is 0 Å². The molecule has 8 heteroatoms. The van der Waals surface area contributed by atoms with Crippen LogP contribution in [0.2, 0.25) is 0 Å². The molecule has 3 N–H and O–H groups in total. The fourth-order valence-electron chi connectivity index (χ4n) is 2.35. The second-order valence-corrected chi connectivity index (χ2v) is 8.43. The van der Waals surface area contributed by atoms with Crippen LogP contribution in [0.4, 0.5) is 10.5 Å².